The Kier molecular flexibility index (Phi) is 4.04. The van der Waals surface area contributed by atoms with Crippen molar-refractivity contribution in [3.8, 4) is 0 Å². The molecule has 0 amide bonds. The van der Waals surface area contributed by atoms with Crippen molar-refractivity contribution in [3.05, 3.63) is 34.9 Å². The van der Waals surface area contributed by atoms with Crippen LogP contribution in [0.3, 0.4) is 0 Å². The Morgan fingerprint density at radius 3 is 2.82 bits per heavy atom. The van der Waals surface area contributed by atoms with Crippen LogP contribution in [0.1, 0.15) is 5.56 Å². The highest BCUT2D eigenvalue weighted by Gasteiger charge is 2.20. The Hall–Kier alpha value is -0.620. The first kappa shape index (κ1) is 12.8. The lowest BCUT2D eigenvalue weighted by molar-refractivity contribution is 0.353. The van der Waals surface area contributed by atoms with E-state index in [4.69, 9.17) is 0 Å². The molecular weight excluding hydrogens is 353 g/mol. The Bertz CT molecular complexity index is 451. The van der Waals surface area contributed by atoms with Gasteiger partial charge in [0, 0.05) is 16.3 Å². The fourth-order valence-electron chi connectivity index (χ4n) is 1.68. The average molecular weight is 364 g/mol. The minimum Gasteiger partial charge on any atom is -0.310 e. The second kappa shape index (κ2) is 5.35. The molecule has 0 aromatic heterocycles. The summed E-state index contributed by atoms with van der Waals surface area (Å²) in [6, 6.07) is 2.98. The van der Waals surface area contributed by atoms with Crippen molar-refractivity contribution in [2.45, 2.75) is 5.33 Å². The van der Waals surface area contributed by atoms with Crippen LogP contribution in [-0.4, -0.2) is 24.6 Å². The topological polar surface area (TPSA) is 18.8 Å². The van der Waals surface area contributed by atoms with Gasteiger partial charge >= 0.3 is 0 Å². The zero-order valence-electron chi connectivity index (χ0n) is 9.04. The fourth-order valence-corrected chi connectivity index (χ4v) is 2.81. The third-order valence-corrected chi connectivity index (χ3v) is 3.67. The van der Waals surface area contributed by atoms with E-state index < -0.39 is 0 Å². The minimum atomic E-state index is -0.250. The number of alkyl halides is 1. The molecule has 0 atom stereocenters. The van der Waals surface area contributed by atoms with Crippen LogP contribution in [-0.2, 0) is 5.33 Å². The molecule has 6 heteroatoms. The van der Waals surface area contributed by atoms with Crippen molar-refractivity contribution < 1.29 is 4.39 Å². The van der Waals surface area contributed by atoms with E-state index in [-0.39, 0.29) is 5.82 Å². The van der Waals surface area contributed by atoms with Gasteiger partial charge < -0.3 is 4.90 Å². The summed E-state index contributed by atoms with van der Waals surface area (Å²) in [5.74, 6) is -0.250. The maximum Gasteiger partial charge on any atom is 0.124 e. The van der Waals surface area contributed by atoms with E-state index in [0.717, 1.165) is 15.7 Å². The third kappa shape index (κ3) is 2.63. The van der Waals surface area contributed by atoms with Gasteiger partial charge in [0.15, 0.2) is 0 Å². The first-order valence-corrected chi connectivity index (χ1v) is 6.96. The lowest BCUT2D eigenvalue weighted by Gasteiger charge is -2.21. The summed E-state index contributed by atoms with van der Waals surface area (Å²) in [7, 11) is 0. The van der Waals surface area contributed by atoms with E-state index in [1.54, 1.807) is 6.34 Å². The van der Waals surface area contributed by atoms with E-state index in [0.29, 0.717) is 18.5 Å². The molecule has 0 aliphatic carbocycles. The Balaban J connectivity index is 2.36. The molecule has 1 aromatic rings. The van der Waals surface area contributed by atoms with Crippen molar-refractivity contribution in [1.29, 1.82) is 0 Å². The minimum absolute atomic E-state index is 0.250. The predicted molar refractivity (Wildman–Crippen MR) is 74.6 cm³/mol. The Labute approximate surface area is 117 Å². The molecule has 0 saturated carbocycles. The van der Waals surface area contributed by atoms with Gasteiger partial charge in [0.05, 0.1) is 5.69 Å². The summed E-state index contributed by atoms with van der Waals surface area (Å²) < 4.78 is 14.0. The molecule has 17 heavy (non-hydrogen) atoms. The molecule has 1 aromatic carbocycles. The molecule has 1 heterocycles. The van der Waals surface area contributed by atoms with Gasteiger partial charge in [-0.3, -0.25) is 5.01 Å². The first-order valence-electron chi connectivity index (χ1n) is 5.04. The maximum absolute atomic E-state index is 13.3. The number of nitrogens with zero attached hydrogens (tertiary/aromatic N) is 3. The molecule has 3 nitrogen and oxygen atoms in total. The summed E-state index contributed by atoms with van der Waals surface area (Å²) >= 11 is 6.76. The normalized spacial score (nSPS) is 14.8. The lowest BCUT2D eigenvalue weighted by Crippen LogP contribution is -2.27. The van der Waals surface area contributed by atoms with Gasteiger partial charge in [0.1, 0.15) is 18.8 Å². The number of hydrazone groups is 1. The van der Waals surface area contributed by atoms with Crippen LogP contribution in [0.4, 0.5) is 10.1 Å². The van der Waals surface area contributed by atoms with Gasteiger partial charge in [0.25, 0.3) is 0 Å². The van der Waals surface area contributed by atoms with Crippen LogP contribution in [0.5, 0.6) is 0 Å². The van der Waals surface area contributed by atoms with E-state index in [1.807, 2.05) is 9.91 Å². The monoisotopic (exact) mass is 362 g/mol. The van der Waals surface area contributed by atoms with Gasteiger partial charge in [-0.15, -0.1) is 0 Å². The molecule has 0 saturated heterocycles. The molecule has 0 fully saturated rings. The Morgan fingerprint density at radius 1 is 1.47 bits per heavy atom. The maximum atomic E-state index is 13.3. The van der Waals surface area contributed by atoms with Gasteiger partial charge in [-0.25, -0.2) is 4.39 Å². The van der Waals surface area contributed by atoms with Crippen molar-refractivity contribution in [2.75, 3.05) is 18.1 Å². The largest absolute Gasteiger partial charge is 0.310 e. The van der Waals surface area contributed by atoms with E-state index in [1.165, 1.54) is 12.1 Å². The molecule has 2 rings (SSSR count). The number of rotatable bonds is 3. The zero-order chi connectivity index (χ0) is 12.4. The molecule has 1 aliphatic heterocycles. The molecule has 0 spiro atoms. The number of anilines is 1. The second-order valence-corrected chi connectivity index (χ2v) is 5.02. The standard InChI is InChI=1S/C11H11Br2FN3/c1-2-17-7-16(6-15-17)11-8(5-12)3-9(14)4-10(11)13/h3-4,6H,1-2,5,7H2. The molecule has 1 radical (unpaired) electrons. The van der Waals surface area contributed by atoms with Crippen molar-refractivity contribution >= 4 is 43.9 Å². The van der Waals surface area contributed by atoms with E-state index in [2.05, 4.69) is 43.9 Å². The van der Waals surface area contributed by atoms with Crippen LogP contribution < -0.4 is 4.90 Å². The summed E-state index contributed by atoms with van der Waals surface area (Å²) in [4.78, 5) is 1.96. The number of halogens is 3. The highest BCUT2D eigenvalue weighted by molar-refractivity contribution is 9.10. The number of hydrogen-bond donors (Lipinski definition) is 0. The molecule has 91 valence electrons. The van der Waals surface area contributed by atoms with E-state index >= 15 is 0 Å². The number of hydrogen-bond acceptors (Lipinski definition) is 3. The number of benzene rings is 1. The van der Waals surface area contributed by atoms with Crippen molar-refractivity contribution in [2.24, 2.45) is 5.10 Å². The second-order valence-electron chi connectivity index (χ2n) is 3.60. The quantitative estimate of drug-likeness (QED) is 0.767. The third-order valence-electron chi connectivity index (χ3n) is 2.47. The van der Waals surface area contributed by atoms with Crippen molar-refractivity contribution in [1.82, 2.24) is 5.01 Å². The summed E-state index contributed by atoms with van der Waals surface area (Å²) in [6.45, 7) is 5.02. The molecule has 0 N–H and O–H groups in total. The zero-order valence-corrected chi connectivity index (χ0v) is 12.2. The highest BCUT2D eigenvalue weighted by Crippen LogP contribution is 2.33. The van der Waals surface area contributed by atoms with Crippen LogP contribution in [0.25, 0.3) is 0 Å². The van der Waals surface area contributed by atoms with Crippen molar-refractivity contribution in [3.63, 3.8) is 0 Å². The van der Waals surface area contributed by atoms with Gasteiger partial charge in [-0.1, -0.05) is 15.9 Å². The van der Waals surface area contributed by atoms with Crippen LogP contribution in [0, 0.1) is 12.7 Å². The summed E-state index contributed by atoms with van der Waals surface area (Å²) in [6.07, 6.45) is 1.73. The first-order chi connectivity index (χ1) is 8.15. The lowest BCUT2D eigenvalue weighted by atomic mass is 10.2. The predicted octanol–water partition coefficient (Wildman–Crippen LogP) is 3.34. The molecule has 0 bridgehead atoms. The molecular formula is C11H11Br2FN3. The van der Waals surface area contributed by atoms with E-state index in [9.17, 15) is 4.39 Å². The van der Waals surface area contributed by atoms with Crippen LogP contribution in [0.15, 0.2) is 21.7 Å². The van der Waals surface area contributed by atoms with Gasteiger partial charge in [-0.2, -0.15) is 5.10 Å². The Morgan fingerprint density at radius 2 is 2.24 bits per heavy atom. The highest BCUT2D eigenvalue weighted by atomic mass is 79.9. The van der Waals surface area contributed by atoms with Gasteiger partial charge in [-0.05, 0) is 40.5 Å². The smallest absolute Gasteiger partial charge is 0.124 e. The fraction of sp³-hybridized carbons (Fsp3) is 0.273. The SMILES string of the molecule is [CH2]CN1CN(c2c(Br)cc(F)cc2CBr)C=N1. The average Bonchev–Trinajstić information content (AvgIpc) is 2.76. The van der Waals surface area contributed by atoms with Crippen LogP contribution in [0.2, 0.25) is 0 Å². The molecule has 0 unspecified atom stereocenters. The summed E-state index contributed by atoms with van der Waals surface area (Å²) in [5, 5.41) is 6.61. The summed E-state index contributed by atoms with van der Waals surface area (Å²) in [5.41, 5.74) is 1.82. The molecule has 1 aliphatic rings. The van der Waals surface area contributed by atoms with Crippen LogP contribution >= 0.6 is 31.9 Å². The van der Waals surface area contributed by atoms with Gasteiger partial charge in [0.2, 0.25) is 0 Å².